The van der Waals surface area contributed by atoms with Gasteiger partial charge in [0, 0.05) is 0 Å². The molecular formula is CH2LaN2O2. The van der Waals surface area contributed by atoms with Gasteiger partial charge in [0.2, 0.25) is 0 Å². The van der Waals surface area contributed by atoms with Gasteiger partial charge in [-0.2, -0.15) is 5.26 Å². The first kappa shape index (κ1) is 9.43. The van der Waals surface area contributed by atoms with Crippen molar-refractivity contribution < 1.29 is 35.4 Å². The average Bonchev–Trinajstić information content (AvgIpc) is 1.39. The molecule has 0 bridgehead atoms. The first-order valence-corrected chi connectivity index (χ1v) is 3.94. The Kier molecular flexibility index (Phi) is 30.7. The molecule has 0 radical (unpaired) electrons. The van der Waals surface area contributed by atoms with Gasteiger partial charge in [-0.1, -0.05) is 0 Å². The Labute approximate surface area is 52.4 Å². The maximum absolute atomic E-state index is 8.58. The molecule has 0 aliphatic rings. The molecule has 0 atom stereocenters. The Balaban J connectivity index is 0. The summed E-state index contributed by atoms with van der Waals surface area (Å²) in [4.78, 5) is 0. The summed E-state index contributed by atoms with van der Waals surface area (Å²) in [6.07, 6.45) is 1.25. The van der Waals surface area contributed by atoms with E-state index < -0.39 is 32.0 Å². The number of rotatable bonds is 0. The van der Waals surface area contributed by atoms with Gasteiger partial charge in [0.25, 0.3) is 0 Å². The van der Waals surface area contributed by atoms with Crippen LogP contribution in [-0.2, 0) is 3.39 Å². The number of hydrogen-bond acceptors (Lipinski definition) is 4. The number of nitriles is 1. The summed E-state index contributed by atoms with van der Waals surface area (Å²) in [6.45, 7) is 0. The molecule has 0 aromatic rings. The molecule has 0 aliphatic carbocycles. The minimum absolute atomic E-state index is 1.25. The molecule has 0 fully saturated rings. The van der Waals surface area contributed by atoms with Gasteiger partial charge < -0.3 is 5.73 Å². The molecule has 2 N–H and O–H groups in total. The minimum atomic E-state index is -2.50. The van der Waals surface area contributed by atoms with E-state index in [1.807, 2.05) is 0 Å². The van der Waals surface area contributed by atoms with Crippen LogP contribution >= 0.6 is 0 Å². The summed E-state index contributed by atoms with van der Waals surface area (Å²) >= 11 is -2.50. The van der Waals surface area contributed by atoms with Crippen molar-refractivity contribution in [2.45, 2.75) is 0 Å². The van der Waals surface area contributed by atoms with Crippen LogP contribution in [0.5, 0.6) is 0 Å². The zero-order valence-electron chi connectivity index (χ0n) is 2.92. The zero-order chi connectivity index (χ0) is 5.41. The van der Waals surface area contributed by atoms with E-state index in [0.29, 0.717) is 0 Å². The number of nitrogens with two attached hydrogens (primary N) is 1. The molecule has 5 heteroatoms. The molecule has 0 amide bonds. The number of hydrogen-bond donors (Lipinski definition) is 1. The predicted octanol–water partition coefficient (Wildman–Crippen LogP) is -0.811. The van der Waals surface area contributed by atoms with Crippen LogP contribution in [0.2, 0.25) is 0 Å². The third-order valence-electron chi connectivity index (χ3n) is 0. The maximum atomic E-state index is 8.58. The molecule has 0 rings (SSSR count). The van der Waals surface area contributed by atoms with E-state index in [1.165, 1.54) is 6.19 Å². The van der Waals surface area contributed by atoms with E-state index in [9.17, 15) is 0 Å². The fourth-order valence-electron chi connectivity index (χ4n) is 0. The molecule has 0 aliphatic heterocycles. The van der Waals surface area contributed by atoms with Crippen molar-refractivity contribution in [3.63, 3.8) is 0 Å². The predicted molar refractivity (Wildman–Crippen MR) is 11.2 cm³/mol. The quantitative estimate of drug-likeness (QED) is 0.421. The summed E-state index contributed by atoms with van der Waals surface area (Å²) in [6, 6.07) is 0. The van der Waals surface area contributed by atoms with Crippen LogP contribution < -0.4 is 5.73 Å². The van der Waals surface area contributed by atoms with Crippen LogP contribution in [0.3, 0.4) is 0 Å². The zero-order valence-corrected chi connectivity index (χ0v) is 6.54. The van der Waals surface area contributed by atoms with Crippen molar-refractivity contribution in [3.05, 3.63) is 0 Å². The van der Waals surface area contributed by atoms with E-state index in [4.69, 9.17) is 8.65 Å². The van der Waals surface area contributed by atoms with Crippen LogP contribution in [-0.4, -0.2) is 0 Å². The Morgan fingerprint density at radius 3 is 1.67 bits per heavy atom. The van der Waals surface area contributed by atoms with Crippen LogP contribution in [0.25, 0.3) is 0 Å². The van der Waals surface area contributed by atoms with Crippen LogP contribution in [0.1, 0.15) is 0 Å². The van der Waals surface area contributed by atoms with Crippen molar-refractivity contribution in [1.29, 1.82) is 5.26 Å². The number of nitrogens with zero attached hydrogens (tertiary/aromatic N) is 1. The van der Waals surface area contributed by atoms with E-state index in [-0.39, 0.29) is 0 Å². The molecule has 0 aromatic heterocycles. The molecule has 0 spiro atoms. The van der Waals surface area contributed by atoms with E-state index >= 15 is 0 Å². The SMILES string of the molecule is N#CN.[O]=[La]=[O]. The van der Waals surface area contributed by atoms with Gasteiger partial charge in [0.05, 0.1) is 0 Å². The summed E-state index contributed by atoms with van der Waals surface area (Å²) in [5, 5.41) is 7.10. The summed E-state index contributed by atoms with van der Waals surface area (Å²) in [5.74, 6) is 0. The fourth-order valence-corrected chi connectivity index (χ4v) is 0. The Bertz CT molecular complexity index is 78.0. The molecule has 4 nitrogen and oxygen atoms in total. The third kappa shape index (κ3) is 5400. The van der Waals surface area contributed by atoms with Crippen molar-refractivity contribution in [2.24, 2.45) is 5.73 Å². The summed E-state index contributed by atoms with van der Waals surface area (Å²) in [7, 11) is 0. The third-order valence-corrected chi connectivity index (χ3v) is 0. The molecule has 0 unspecified atom stereocenters. The monoisotopic (exact) mass is 213 g/mol. The van der Waals surface area contributed by atoms with Crippen molar-refractivity contribution in [2.75, 3.05) is 0 Å². The molecule has 0 saturated carbocycles. The Hall–Kier alpha value is 0.0848. The second-order valence-corrected chi connectivity index (χ2v) is 0.830. The molecule has 31 valence electrons. The van der Waals surface area contributed by atoms with E-state index in [2.05, 4.69) is 5.73 Å². The van der Waals surface area contributed by atoms with Crippen molar-refractivity contribution in [3.8, 4) is 6.19 Å². The second kappa shape index (κ2) is 19.5. The average molecular weight is 213 g/mol. The second-order valence-electron chi connectivity index (χ2n) is 0.225. The normalized spacial score (nSPS) is 2.50. The van der Waals surface area contributed by atoms with Crippen molar-refractivity contribution in [1.82, 2.24) is 0 Å². The van der Waals surface area contributed by atoms with Gasteiger partial charge in [0.15, 0.2) is 6.19 Å². The molecule has 0 aromatic carbocycles. The Morgan fingerprint density at radius 2 is 1.67 bits per heavy atom. The van der Waals surface area contributed by atoms with Crippen molar-refractivity contribution >= 4 is 0 Å². The Morgan fingerprint density at radius 1 is 1.67 bits per heavy atom. The van der Waals surface area contributed by atoms with Gasteiger partial charge in [-0.15, -0.1) is 0 Å². The topological polar surface area (TPSA) is 83.9 Å². The van der Waals surface area contributed by atoms with Gasteiger partial charge in [-0.05, 0) is 0 Å². The van der Waals surface area contributed by atoms with Crippen LogP contribution in [0, 0.1) is 43.5 Å². The molecule has 0 saturated heterocycles. The van der Waals surface area contributed by atoms with Gasteiger partial charge in [0.1, 0.15) is 0 Å². The van der Waals surface area contributed by atoms with Gasteiger partial charge in [-0.3, -0.25) is 0 Å². The molecular weight excluding hydrogens is 211 g/mol. The van der Waals surface area contributed by atoms with E-state index in [0.717, 1.165) is 0 Å². The van der Waals surface area contributed by atoms with E-state index in [1.54, 1.807) is 0 Å². The fraction of sp³-hybridized carbons (Fsp3) is 0. The van der Waals surface area contributed by atoms with Crippen LogP contribution in [0.15, 0.2) is 0 Å². The van der Waals surface area contributed by atoms with Crippen LogP contribution in [0.4, 0.5) is 0 Å². The standard InChI is InChI=1S/CH2N2.La.2O/c2-1-3;;;/h2H2;;;. The summed E-state index contributed by atoms with van der Waals surface area (Å²) < 4.78 is 17.2. The first-order chi connectivity index (χ1) is 2.83. The molecule has 6 heavy (non-hydrogen) atoms. The first-order valence-electron chi connectivity index (χ1n) is 0.984. The summed E-state index contributed by atoms with van der Waals surface area (Å²) in [5.41, 5.74) is 4.15. The molecule has 0 heterocycles. The van der Waals surface area contributed by atoms with Gasteiger partial charge in [-0.25, -0.2) is 0 Å². The van der Waals surface area contributed by atoms with Gasteiger partial charge >= 0.3 is 35.4 Å².